The zero-order valence-electron chi connectivity index (χ0n) is 11.9. The Labute approximate surface area is 126 Å². The van der Waals surface area contributed by atoms with Crippen LogP contribution in [0.15, 0.2) is 54.6 Å². The fourth-order valence-corrected chi connectivity index (χ4v) is 3.25. The molecule has 2 aromatic rings. The smallest absolute Gasteiger partial charge is 0.312 e. The summed E-state index contributed by atoms with van der Waals surface area (Å²) in [5.74, 6) is 0. The number of fused-ring (bicyclic) bond motifs is 1. The van der Waals surface area contributed by atoms with E-state index in [2.05, 4.69) is 36.4 Å². The first kappa shape index (κ1) is 14.7. The van der Waals surface area contributed by atoms with Crippen molar-refractivity contribution >= 4 is 8.60 Å². The summed E-state index contributed by atoms with van der Waals surface area (Å²) in [6.07, 6.45) is 1.99. The number of hydrogen-bond donors (Lipinski definition) is 0. The van der Waals surface area contributed by atoms with Gasteiger partial charge in [0.2, 0.25) is 0 Å². The van der Waals surface area contributed by atoms with Gasteiger partial charge in [-0.25, -0.2) is 0 Å². The van der Waals surface area contributed by atoms with Crippen molar-refractivity contribution in [3.8, 4) is 0 Å². The number of aryl methyl sites for hydroxylation is 1. The fraction of sp³-hybridized carbons (Fsp3) is 0.294. The molecule has 0 bridgehead atoms. The molecule has 1 aliphatic heterocycles. The summed E-state index contributed by atoms with van der Waals surface area (Å²) >= 11 is 0. The van der Waals surface area contributed by atoms with Crippen molar-refractivity contribution in [2.24, 2.45) is 0 Å². The SMILES string of the molecule is c1ccc(CCCOP2OCc3ccccc3CO2)cc1. The summed E-state index contributed by atoms with van der Waals surface area (Å²) in [4.78, 5) is 0. The highest BCUT2D eigenvalue weighted by Gasteiger charge is 2.18. The van der Waals surface area contributed by atoms with Crippen LogP contribution in [-0.4, -0.2) is 6.61 Å². The maximum Gasteiger partial charge on any atom is 0.333 e. The van der Waals surface area contributed by atoms with E-state index in [9.17, 15) is 0 Å². The molecule has 1 aliphatic rings. The zero-order valence-corrected chi connectivity index (χ0v) is 12.8. The summed E-state index contributed by atoms with van der Waals surface area (Å²) in [7, 11) is -1.23. The molecule has 0 aliphatic carbocycles. The minimum atomic E-state index is -1.23. The summed E-state index contributed by atoms with van der Waals surface area (Å²) in [5, 5.41) is 0. The molecule has 3 nitrogen and oxygen atoms in total. The summed E-state index contributed by atoms with van der Waals surface area (Å²) < 4.78 is 17.1. The molecule has 0 saturated carbocycles. The van der Waals surface area contributed by atoms with Crippen molar-refractivity contribution in [2.45, 2.75) is 26.1 Å². The second-order valence-electron chi connectivity index (χ2n) is 4.96. The van der Waals surface area contributed by atoms with Gasteiger partial charge in [-0.05, 0) is 29.5 Å². The van der Waals surface area contributed by atoms with Gasteiger partial charge in [0.15, 0.2) is 0 Å². The number of rotatable bonds is 5. The maximum absolute atomic E-state index is 5.74. The van der Waals surface area contributed by atoms with Crippen LogP contribution in [0.2, 0.25) is 0 Å². The van der Waals surface area contributed by atoms with Gasteiger partial charge in [0.1, 0.15) is 0 Å². The average Bonchev–Trinajstić information content (AvgIpc) is 2.75. The molecule has 3 rings (SSSR count). The Morgan fingerprint density at radius 3 is 2.14 bits per heavy atom. The van der Waals surface area contributed by atoms with E-state index < -0.39 is 8.60 Å². The third-order valence-corrected chi connectivity index (χ3v) is 4.49. The lowest BCUT2D eigenvalue weighted by atomic mass is 10.1. The lowest BCUT2D eigenvalue weighted by molar-refractivity contribution is 0.159. The normalized spacial score (nSPS) is 15.4. The first-order valence-electron chi connectivity index (χ1n) is 7.21. The lowest BCUT2D eigenvalue weighted by Crippen LogP contribution is -1.96. The highest BCUT2D eigenvalue weighted by Crippen LogP contribution is 2.44. The summed E-state index contributed by atoms with van der Waals surface area (Å²) in [6, 6.07) is 18.6. The predicted octanol–water partition coefficient (Wildman–Crippen LogP) is 4.61. The van der Waals surface area contributed by atoms with Crippen molar-refractivity contribution in [1.29, 1.82) is 0 Å². The van der Waals surface area contributed by atoms with E-state index in [1.165, 1.54) is 16.7 Å². The molecular weight excluding hydrogens is 283 g/mol. The first-order valence-corrected chi connectivity index (χ1v) is 8.31. The van der Waals surface area contributed by atoms with E-state index in [0.29, 0.717) is 19.8 Å². The molecule has 0 amide bonds. The highest BCUT2D eigenvalue weighted by molar-refractivity contribution is 7.41. The van der Waals surface area contributed by atoms with Gasteiger partial charge in [0.05, 0.1) is 19.8 Å². The minimum Gasteiger partial charge on any atom is -0.312 e. The van der Waals surface area contributed by atoms with Gasteiger partial charge in [-0.2, -0.15) is 0 Å². The Balaban J connectivity index is 1.41. The molecule has 21 heavy (non-hydrogen) atoms. The molecular formula is C17H19O3P. The Kier molecular flexibility index (Phi) is 5.36. The van der Waals surface area contributed by atoms with Crippen molar-refractivity contribution in [3.05, 3.63) is 71.3 Å². The minimum absolute atomic E-state index is 0.570. The fourth-order valence-electron chi connectivity index (χ4n) is 2.26. The topological polar surface area (TPSA) is 27.7 Å². The van der Waals surface area contributed by atoms with Crippen molar-refractivity contribution in [2.75, 3.05) is 6.61 Å². The largest absolute Gasteiger partial charge is 0.333 e. The van der Waals surface area contributed by atoms with E-state index in [1.54, 1.807) is 0 Å². The van der Waals surface area contributed by atoms with Gasteiger partial charge in [0, 0.05) is 0 Å². The molecule has 0 atom stereocenters. The molecule has 4 heteroatoms. The van der Waals surface area contributed by atoms with Crippen LogP contribution in [0.3, 0.4) is 0 Å². The van der Waals surface area contributed by atoms with Crippen molar-refractivity contribution in [1.82, 2.24) is 0 Å². The predicted molar refractivity (Wildman–Crippen MR) is 83.7 cm³/mol. The molecule has 0 aromatic heterocycles. The third-order valence-electron chi connectivity index (χ3n) is 3.42. The molecule has 0 radical (unpaired) electrons. The zero-order chi connectivity index (χ0) is 14.3. The van der Waals surface area contributed by atoms with E-state index in [0.717, 1.165) is 12.8 Å². The van der Waals surface area contributed by atoms with Crippen LogP contribution >= 0.6 is 8.60 Å². The molecule has 0 saturated heterocycles. The van der Waals surface area contributed by atoms with Crippen LogP contribution in [-0.2, 0) is 33.2 Å². The highest BCUT2D eigenvalue weighted by atomic mass is 31.2. The quantitative estimate of drug-likeness (QED) is 0.596. The molecule has 1 heterocycles. The van der Waals surface area contributed by atoms with Crippen LogP contribution < -0.4 is 0 Å². The van der Waals surface area contributed by atoms with Crippen LogP contribution in [0.25, 0.3) is 0 Å². The maximum atomic E-state index is 5.74. The van der Waals surface area contributed by atoms with Crippen molar-refractivity contribution in [3.63, 3.8) is 0 Å². The molecule has 0 unspecified atom stereocenters. The van der Waals surface area contributed by atoms with Gasteiger partial charge in [-0.1, -0.05) is 54.6 Å². The third kappa shape index (κ3) is 4.36. The monoisotopic (exact) mass is 302 g/mol. The summed E-state index contributed by atoms with van der Waals surface area (Å²) in [5.41, 5.74) is 3.72. The molecule has 0 N–H and O–H groups in total. The van der Waals surface area contributed by atoms with Gasteiger partial charge in [-0.15, -0.1) is 0 Å². The number of hydrogen-bond acceptors (Lipinski definition) is 3. The van der Waals surface area contributed by atoms with E-state index in [-0.39, 0.29) is 0 Å². The molecule has 2 aromatic carbocycles. The van der Waals surface area contributed by atoms with Crippen LogP contribution in [0, 0.1) is 0 Å². The Hall–Kier alpha value is -1.25. The van der Waals surface area contributed by atoms with Crippen molar-refractivity contribution < 1.29 is 13.6 Å². The molecule has 0 spiro atoms. The van der Waals surface area contributed by atoms with Crippen LogP contribution in [0.4, 0.5) is 0 Å². The Morgan fingerprint density at radius 1 is 0.857 bits per heavy atom. The average molecular weight is 302 g/mol. The Morgan fingerprint density at radius 2 is 1.48 bits per heavy atom. The first-order chi connectivity index (χ1) is 10.4. The lowest BCUT2D eigenvalue weighted by Gasteiger charge is -2.13. The van der Waals surface area contributed by atoms with E-state index in [1.807, 2.05) is 18.2 Å². The number of benzene rings is 2. The van der Waals surface area contributed by atoms with Gasteiger partial charge in [-0.3, -0.25) is 0 Å². The van der Waals surface area contributed by atoms with Gasteiger partial charge < -0.3 is 13.6 Å². The molecule has 0 fully saturated rings. The second kappa shape index (κ2) is 7.67. The van der Waals surface area contributed by atoms with Crippen LogP contribution in [0.5, 0.6) is 0 Å². The van der Waals surface area contributed by atoms with Gasteiger partial charge >= 0.3 is 8.60 Å². The van der Waals surface area contributed by atoms with Crippen LogP contribution in [0.1, 0.15) is 23.1 Å². The van der Waals surface area contributed by atoms with Gasteiger partial charge in [0.25, 0.3) is 0 Å². The Bertz CT molecular complexity index is 532. The standard InChI is InChI=1S/C17H19O3P/c1-2-7-15(8-3-1)9-6-12-18-21-19-13-16-10-4-5-11-17(16)14-20-21/h1-5,7-8,10-11H,6,9,12-14H2. The molecule has 110 valence electrons. The van der Waals surface area contributed by atoms with E-state index in [4.69, 9.17) is 13.6 Å². The summed E-state index contributed by atoms with van der Waals surface area (Å²) in [6.45, 7) is 1.80. The van der Waals surface area contributed by atoms with E-state index >= 15 is 0 Å². The second-order valence-corrected chi connectivity index (χ2v) is 6.18.